The first kappa shape index (κ1) is 19.3. The second-order valence-electron chi connectivity index (χ2n) is 7.31. The fraction of sp³-hybridized carbons (Fsp3) is 0.261. The Morgan fingerprint density at radius 1 is 0.929 bits per heavy atom. The lowest BCUT2D eigenvalue weighted by atomic mass is 9.94. The predicted octanol–water partition coefficient (Wildman–Crippen LogP) is 2.63. The summed E-state index contributed by atoms with van der Waals surface area (Å²) >= 11 is 1.86. The molecule has 1 aromatic heterocycles. The van der Waals surface area contributed by atoms with E-state index in [9.17, 15) is 0 Å². The first-order chi connectivity index (χ1) is 13.8. The zero-order chi connectivity index (χ0) is 19.2. The van der Waals surface area contributed by atoms with Crippen LogP contribution >= 0.6 is 11.8 Å². The Kier molecular flexibility index (Phi) is 6.47. The quantitative estimate of drug-likeness (QED) is 0.520. The number of hydrogen-bond acceptors (Lipinski definition) is 4. The Bertz CT molecular complexity index is 880. The predicted molar refractivity (Wildman–Crippen MR) is 121 cm³/mol. The molecule has 2 aromatic carbocycles. The minimum absolute atomic E-state index is 0.235. The van der Waals surface area contributed by atoms with Crippen molar-refractivity contribution in [3.8, 4) is 0 Å². The molecule has 142 valence electrons. The highest BCUT2D eigenvalue weighted by atomic mass is 32.2. The summed E-state index contributed by atoms with van der Waals surface area (Å²) in [5.74, 6) is 0. The Morgan fingerprint density at radius 2 is 1.64 bits per heavy atom. The minimum atomic E-state index is 0.235. The highest BCUT2D eigenvalue weighted by Gasteiger charge is 2.19. The molecule has 1 aliphatic heterocycles. The van der Waals surface area contributed by atoms with Gasteiger partial charge in [-0.1, -0.05) is 77.9 Å². The smallest absolute Gasteiger partial charge is 0.139 e. The van der Waals surface area contributed by atoms with Crippen LogP contribution in [-0.4, -0.2) is 43.9 Å². The van der Waals surface area contributed by atoms with Crippen molar-refractivity contribution >= 4 is 25.1 Å². The van der Waals surface area contributed by atoms with Crippen LogP contribution in [0.4, 0.5) is 0 Å². The summed E-state index contributed by atoms with van der Waals surface area (Å²) in [7, 11) is 2.14. The Hall–Kier alpha value is -2.08. The molecule has 0 spiro atoms. The topological polar surface area (TPSA) is 28.2 Å². The van der Waals surface area contributed by atoms with Crippen LogP contribution in [0.2, 0.25) is 0 Å². The SMILES string of the molecule is Bc1ccc(C(Sc2ncccc2CN2CCNCC2)c2ccccc2)cc1. The molecule has 3 nitrogen and oxygen atoms in total. The molecule has 3 aromatic rings. The second kappa shape index (κ2) is 9.42. The van der Waals surface area contributed by atoms with Crippen LogP contribution in [0.5, 0.6) is 0 Å². The van der Waals surface area contributed by atoms with Crippen molar-refractivity contribution in [1.82, 2.24) is 15.2 Å². The van der Waals surface area contributed by atoms with E-state index in [4.69, 9.17) is 4.98 Å². The van der Waals surface area contributed by atoms with Gasteiger partial charge in [0.2, 0.25) is 0 Å². The van der Waals surface area contributed by atoms with Crippen molar-refractivity contribution in [1.29, 1.82) is 0 Å². The fourth-order valence-corrected chi connectivity index (χ4v) is 4.79. The van der Waals surface area contributed by atoms with Crippen molar-refractivity contribution in [2.24, 2.45) is 0 Å². The van der Waals surface area contributed by atoms with E-state index in [-0.39, 0.29) is 5.25 Å². The van der Waals surface area contributed by atoms with Gasteiger partial charge in [-0.05, 0) is 22.8 Å². The van der Waals surface area contributed by atoms with Gasteiger partial charge in [-0.25, -0.2) is 4.98 Å². The van der Waals surface area contributed by atoms with E-state index >= 15 is 0 Å². The van der Waals surface area contributed by atoms with Crippen LogP contribution in [-0.2, 0) is 6.54 Å². The van der Waals surface area contributed by atoms with Crippen LogP contribution in [0.25, 0.3) is 0 Å². The standard InChI is InChI=1S/C23H26BN3S/c24-21-10-8-19(9-11-21)22(18-5-2-1-3-6-18)28-23-20(7-4-12-26-23)17-27-15-13-25-14-16-27/h1-12,22,25H,13-17,24H2. The van der Waals surface area contributed by atoms with Crippen LogP contribution in [0.1, 0.15) is 21.9 Å². The molecule has 1 N–H and O–H groups in total. The third-order valence-electron chi connectivity index (χ3n) is 5.17. The molecular weight excluding hydrogens is 361 g/mol. The number of nitrogens with one attached hydrogen (secondary N) is 1. The molecule has 28 heavy (non-hydrogen) atoms. The number of pyridine rings is 1. The molecule has 5 heteroatoms. The van der Waals surface area contributed by atoms with Gasteiger partial charge in [-0.15, -0.1) is 0 Å². The highest BCUT2D eigenvalue weighted by molar-refractivity contribution is 7.99. The van der Waals surface area contributed by atoms with Gasteiger partial charge in [0, 0.05) is 38.9 Å². The minimum Gasteiger partial charge on any atom is -0.314 e. The third kappa shape index (κ3) is 4.85. The molecule has 0 bridgehead atoms. The second-order valence-corrected chi connectivity index (χ2v) is 8.41. The van der Waals surface area contributed by atoms with Gasteiger partial charge in [0.1, 0.15) is 12.9 Å². The zero-order valence-electron chi connectivity index (χ0n) is 16.3. The van der Waals surface area contributed by atoms with Gasteiger partial charge in [0.15, 0.2) is 0 Å². The summed E-state index contributed by atoms with van der Waals surface area (Å²) in [4.78, 5) is 7.29. The van der Waals surface area contributed by atoms with Crippen molar-refractivity contribution in [3.63, 3.8) is 0 Å². The van der Waals surface area contributed by atoms with E-state index in [0.717, 1.165) is 37.7 Å². The van der Waals surface area contributed by atoms with E-state index < -0.39 is 0 Å². The monoisotopic (exact) mass is 387 g/mol. The number of nitrogens with zero attached hydrogens (tertiary/aromatic N) is 2. The molecule has 0 aliphatic carbocycles. The summed E-state index contributed by atoms with van der Waals surface area (Å²) < 4.78 is 0. The lowest BCUT2D eigenvalue weighted by Crippen LogP contribution is -2.43. The van der Waals surface area contributed by atoms with E-state index in [0.29, 0.717) is 0 Å². The first-order valence-corrected chi connectivity index (χ1v) is 10.8. The molecule has 1 atom stereocenters. The summed E-state index contributed by atoms with van der Waals surface area (Å²) in [5, 5.41) is 4.80. The van der Waals surface area contributed by atoms with Crippen LogP contribution in [0.15, 0.2) is 78.0 Å². The maximum atomic E-state index is 4.77. The van der Waals surface area contributed by atoms with Gasteiger partial charge in [-0.2, -0.15) is 0 Å². The number of aromatic nitrogens is 1. The molecule has 1 aliphatic rings. The molecule has 1 fully saturated rings. The average Bonchev–Trinajstić information content (AvgIpc) is 2.75. The molecule has 1 unspecified atom stereocenters. The van der Waals surface area contributed by atoms with Gasteiger partial charge < -0.3 is 5.32 Å². The van der Waals surface area contributed by atoms with Crippen molar-refractivity contribution < 1.29 is 0 Å². The average molecular weight is 387 g/mol. The van der Waals surface area contributed by atoms with E-state index in [1.54, 1.807) is 0 Å². The number of thioether (sulfide) groups is 1. The fourth-order valence-electron chi connectivity index (χ4n) is 3.57. The maximum Gasteiger partial charge on any atom is 0.139 e. The van der Waals surface area contributed by atoms with Crippen LogP contribution in [0.3, 0.4) is 0 Å². The lowest BCUT2D eigenvalue weighted by molar-refractivity contribution is 0.231. The van der Waals surface area contributed by atoms with Crippen LogP contribution in [0, 0.1) is 0 Å². The van der Waals surface area contributed by atoms with Gasteiger partial charge in [0.25, 0.3) is 0 Å². The van der Waals surface area contributed by atoms with E-state index in [1.165, 1.54) is 22.2 Å². The molecule has 4 rings (SSSR count). The van der Waals surface area contributed by atoms with E-state index in [1.807, 2.05) is 18.0 Å². The summed E-state index contributed by atoms with van der Waals surface area (Å²) in [6, 6.07) is 24.0. The van der Waals surface area contributed by atoms with Crippen molar-refractivity contribution in [2.75, 3.05) is 26.2 Å². The van der Waals surface area contributed by atoms with E-state index in [2.05, 4.69) is 84.8 Å². The van der Waals surface area contributed by atoms with Gasteiger partial charge in [-0.3, -0.25) is 4.90 Å². The molecular formula is C23H26BN3S. The molecule has 0 saturated carbocycles. The number of benzene rings is 2. The number of hydrogen-bond donors (Lipinski definition) is 1. The first-order valence-electron chi connectivity index (χ1n) is 9.95. The Balaban J connectivity index is 1.62. The molecule has 0 amide bonds. The summed E-state index contributed by atoms with van der Waals surface area (Å²) in [5.41, 5.74) is 5.25. The Labute approximate surface area is 173 Å². The largest absolute Gasteiger partial charge is 0.314 e. The zero-order valence-corrected chi connectivity index (χ0v) is 17.2. The van der Waals surface area contributed by atoms with Gasteiger partial charge >= 0.3 is 0 Å². The third-order valence-corrected chi connectivity index (χ3v) is 6.54. The molecule has 2 heterocycles. The van der Waals surface area contributed by atoms with Crippen molar-refractivity contribution in [3.05, 3.63) is 89.6 Å². The Morgan fingerprint density at radius 3 is 2.39 bits per heavy atom. The summed E-state index contributed by atoms with van der Waals surface area (Å²) in [6.45, 7) is 5.29. The van der Waals surface area contributed by atoms with Crippen molar-refractivity contribution in [2.45, 2.75) is 16.8 Å². The lowest BCUT2D eigenvalue weighted by Gasteiger charge is -2.28. The van der Waals surface area contributed by atoms with Crippen LogP contribution < -0.4 is 10.8 Å². The van der Waals surface area contributed by atoms with Gasteiger partial charge in [0.05, 0.1) is 5.25 Å². The highest BCUT2D eigenvalue weighted by Crippen LogP contribution is 2.40. The summed E-state index contributed by atoms with van der Waals surface area (Å²) in [6.07, 6.45) is 1.92. The normalized spacial score (nSPS) is 16.0. The molecule has 1 saturated heterocycles. The maximum absolute atomic E-state index is 4.77. The number of rotatable bonds is 6. The number of piperazine rings is 1. The molecule has 0 radical (unpaired) electrons.